The Labute approximate surface area is 249 Å². The van der Waals surface area contributed by atoms with Gasteiger partial charge in [0.2, 0.25) is 5.91 Å². The minimum Gasteiger partial charge on any atom is -0.469 e. The molecule has 0 aliphatic heterocycles. The lowest BCUT2D eigenvalue weighted by molar-refractivity contribution is -0.229. The molecule has 6 heteroatoms. The first-order valence-corrected chi connectivity index (χ1v) is 16.0. The number of aliphatic hydroxyl groups is 1. The highest BCUT2D eigenvalue weighted by Gasteiger charge is 2.71. The summed E-state index contributed by atoms with van der Waals surface area (Å²) in [7, 11) is 1.54. The van der Waals surface area contributed by atoms with Gasteiger partial charge in [-0.3, -0.25) is 9.59 Å². The number of carbonyl (C=O) groups is 2. The normalized spacial score (nSPS) is 42.2. The molecule has 0 heterocycles. The van der Waals surface area contributed by atoms with Crippen LogP contribution in [0, 0.1) is 68.0 Å². The average molecular weight is 569 g/mol. The number of carbonyl (C=O) groups excluding carboxylic acids is 2. The molecule has 0 radical (unpaired) electrons. The number of aliphatic hydroxyl groups excluding tert-OH is 1. The molecule has 0 aromatic heterocycles. The number of methoxy groups -OCH3 is 1. The fourth-order valence-electron chi connectivity index (χ4n) is 11.3. The number of fused-ring (bicyclic) bond motifs is 5. The third-order valence-corrected chi connectivity index (χ3v) is 13.7. The molecule has 2 N–H and O–H groups in total. The van der Waals surface area contributed by atoms with E-state index >= 15 is 0 Å². The van der Waals surface area contributed by atoms with Gasteiger partial charge in [0.15, 0.2) is 0 Å². The molecule has 4 rings (SSSR count). The zero-order valence-electron chi connectivity index (χ0n) is 27.3. The lowest BCUT2D eigenvalue weighted by atomic mass is 9.33. The number of nitrogens with zero attached hydrogens (tertiary/aromatic N) is 1. The smallest absolute Gasteiger partial charge is 0.312 e. The van der Waals surface area contributed by atoms with E-state index in [1.165, 1.54) is 5.57 Å². The molecule has 0 bridgehead atoms. The van der Waals surface area contributed by atoms with Crippen molar-refractivity contribution in [2.45, 2.75) is 119 Å². The van der Waals surface area contributed by atoms with Crippen LogP contribution in [0.15, 0.2) is 12.2 Å². The van der Waals surface area contributed by atoms with Gasteiger partial charge in [-0.05, 0) is 118 Å². The van der Waals surface area contributed by atoms with Crippen molar-refractivity contribution in [3.8, 4) is 6.07 Å². The van der Waals surface area contributed by atoms with Crippen molar-refractivity contribution >= 4 is 11.9 Å². The predicted molar refractivity (Wildman–Crippen MR) is 161 cm³/mol. The Morgan fingerprint density at radius 3 is 2.24 bits per heavy atom. The van der Waals surface area contributed by atoms with Crippen molar-refractivity contribution in [2.75, 3.05) is 13.7 Å². The molecule has 4 aliphatic carbocycles. The standard InChI is InChI=1S/C35H56N2O4/c1-22(2)23-13-16-35(29(40)41-10)18-17-33(8)24(27(23)35)11-12-26-32(7,19-20-36)25(14-15-34(26,33)9)31(5,6)28(39)37-30(3,4)21-38/h23-27,38H,1,11-19,21H2,2-10H3,(H,37,39)/t23-,24?,25?,26?,27?,32-,33+,34+,35?/m0/s1. The number of hydrogen-bond acceptors (Lipinski definition) is 5. The van der Waals surface area contributed by atoms with E-state index in [0.29, 0.717) is 24.2 Å². The summed E-state index contributed by atoms with van der Waals surface area (Å²) in [6, 6.07) is 2.56. The maximum absolute atomic E-state index is 13.8. The summed E-state index contributed by atoms with van der Waals surface area (Å²) in [6.07, 6.45) is 8.07. The number of nitriles is 1. The van der Waals surface area contributed by atoms with Gasteiger partial charge in [-0.1, -0.05) is 46.8 Å². The molecule has 0 saturated heterocycles. The van der Waals surface area contributed by atoms with E-state index in [0.717, 1.165) is 51.4 Å². The number of rotatable bonds is 7. The summed E-state index contributed by atoms with van der Waals surface area (Å²) in [5, 5.41) is 23.1. The number of amides is 1. The lowest BCUT2D eigenvalue weighted by Gasteiger charge is -2.71. The third-order valence-electron chi connectivity index (χ3n) is 13.7. The first kappa shape index (κ1) is 32.1. The van der Waals surface area contributed by atoms with Gasteiger partial charge in [-0.2, -0.15) is 5.26 Å². The third kappa shape index (κ3) is 4.50. The van der Waals surface area contributed by atoms with Crippen LogP contribution in [0.4, 0.5) is 0 Å². The topological polar surface area (TPSA) is 99.4 Å². The Kier molecular flexibility index (Phi) is 8.12. The molecule has 4 aliphatic rings. The van der Waals surface area contributed by atoms with Crippen LogP contribution in [-0.4, -0.2) is 36.2 Å². The zero-order chi connectivity index (χ0) is 30.8. The molecule has 0 spiro atoms. The van der Waals surface area contributed by atoms with Crippen molar-refractivity contribution in [2.24, 2.45) is 56.7 Å². The summed E-state index contributed by atoms with van der Waals surface area (Å²) in [5.74, 6) is 1.22. The molecule has 230 valence electrons. The second kappa shape index (κ2) is 10.4. The Hall–Kier alpha value is -1.87. The van der Waals surface area contributed by atoms with Crippen LogP contribution in [0.25, 0.3) is 0 Å². The highest BCUT2D eigenvalue weighted by Crippen LogP contribution is 2.76. The van der Waals surface area contributed by atoms with Gasteiger partial charge in [-0.25, -0.2) is 0 Å². The van der Waals surface area contributed by atoms with Gasteiger partial charge in [0.25, 0.3) is 0 Å². The minimum atomic E-state index is -0.704. The van der Waals surface area contributed by atoms with Crippen LogP contribution in [0.5, 0.6) is 0 Å². The molecule has 1 amide bonds. The fraction of sp³-hybridized carbons (Fsp3) is 0.857. The summed E-state index contributed by atoms with van der Waals surface area (Å²) in [6.45, 7) is 21.4. The lowest BCUT2D eigenvalue weighted by Crippen LogP contribution is -2.66. The maximum Gasteiger partial charge on any atom is 0.312 e. The van der Waals surface area contributed by atoms with E-state index in [-0.39, 0.29) is 46.6 Å². The molecule has 4 saturated carbocycles. The van der Waals surface area contributed by atoms with Crippen molar-refractivity contribution in [3.63, 3.8) is 0 Å². The Morgan fingerprint density at radius 2 is 1.68 bits per heavy atom. The van der Waals surface area contributed by atoms with Crippen LogP contribution in [-0.2, 0) is 14.3 Å². The van der Waals surface area contributed by atoms with Crippen molar-refractivity contribution in [1.82, 2.24) is 5.32 Å². The summed E-state index contributed by atoms with van der Waals surface area (Å²) in [5.41, 5.74) is -0.958. The van der Waals surface area contributed by atoms with Gasteiger partial charge in [-0.15, -0.1) is 0 Å². The molecular weight excluding hydrogens is 512 g/mol. The second-order valence-corrected chi connectivity index (χ2v) is 16.4. The summed E-state index contributed by atoms with van der Waals surface area (Å²) < 4.78 is 5.49. The largest absolute Gasteiger partial charge is 0.469 e. The number of nitrogens with one attached hydrogen (secondary N) is 1. The zero-order valence-corrected chi connectivity index (χ0v) is 27.3. The monoisotopic (exact) mass is 568 g/mol. The number of hydrogen-bond donors (Lipinski definition) is 2. The number of allylic oxidation sites excluding steroid dienone is 1. The summed E-state index contributed by atoms with van der Waals surface area (Å²) in [4.78, 5) is 27.2. The molecule has 0 aromatic carbocycles. The van der Waals surface area contributed by atoms with Gasteiger partial charge >= 0.3 is 5.97 Å². The SMILES string of the molecule is C=C(C)[C@@H]1CCC2(C(=O)OC)CC[C@]3(C)C(CCC4[C@@](C)(CC#N)C(C(C)(C)C(=O)NC(C)(C)CO)CC[C@]43C)C12. The van der Waals surface area contributed by atoms with Gasteiger partial charge in [0, 0.05) is 11.8 Å². The molecule has 4 fully saturated rings. The first-order valence-electron chi connectivity index (χ1n) is 16.0. The summed E-state index contributed by atoms with van der Waals surface area (Å²) >= 11 is 0. The van der Waals surface area contributed by atoms with Crippen LogP contribution < -0.4 is 5.32 Å². The van der Waals surface area contributed by atoms with E-state index in [9.17, 15) is 20.0 Å². The highest BCUT2D eigenvalue weighted by molar-refractivity contribution is 5.83. The van der Waals surface area contributed by atoms with E-state index in [1.807, 2.05) is 27.7 Å². The van der Waals surface area contributed by atoms with Crippen molar-refractivity contribution in [3.05, 3.63) is 12.2 Å². The van der Waals surface area contributed by atoms with E-state index in [1.54, 1.807) is 7.11 Å². The van der Waals surface area contributed by atoms with Gasteiger partial charge < -0.3 is 15.2 Å². The second-order valence-electron chi connectivity index (χ2n) is 16.4. The molecular formula is C35H56N2O4. The van der Waals surface area contributed by atoms with E-state index in [4.69, 9.17) is 4.74 Å². The molecule has 5 unspecified atom stereocenters. The first-order chi connectivity index (χ1) is 18.9. The van der Waals surface area contributed by atoms with Crippen molar-refractivity contribution < 1.29 is 19.4 Å². The number of esters is 1. The van der Waals surface area contributed by atoms with Crippen LogP contribution in [0.3, 0.4) is 0 Å². The van der Waals surface area contributed by atoms with Crippen LogP contribution in [0.2, 0.25) is 0 Å². The molecule has 9 atom stereocenters. The highest BCUT2D eigenvalue weighted by atomic mass is 16.5. The van der Waals surface area contributed by atoms with Gasteiger partial charge in [0.05, 0.1) is 30.7 Å². The van der Waals surface area contributed by atoms with Gasteiger partial charge in [0.1, 0.15) is 0 Å². The van der Waals surface area contributed by atoms with Crippen LogP contribution >= 0.6 is 0 Å². The number of ether oxygens (including phenoxy) is 1. The molecule has 6 nitrogen and oxygen atoms in total. The molecule has 0 aromatic rings. The minimum absolute atomic E-state index is 0.0144. The van der Waals surface area contributed by atoms with E-state index < -0.39 is 16.4 Å². The Morgan fingerprint density at radius 1 is 1.02 bits per heavy atom. The predicted octanol–water partition coefficient (Wildman–Crippen LogP) is 6.82. The maximum atomic E-state index is 13.8. The van der Waals surface area contributed by atoms with E-state index in [2.05, 4.69) is 45.7 Å². The Bertz CT molecular complexity index is 1120. The average Bonchev–Trinajstić information content (AvgIpc) is 3.29. The quantitative estimate of drug-likeness (QED) is 0.259. The Balaban J connectivity index is 1.76. The fourth-order valence-corrected chi connectivity index (χ4v) is 11.3. The van der Waals surface area contributed by atoms with Crippen LogP contribution in [0.1, 0.15) is 113 Å². The van der Waals surface area contributed by atoms with Crippen molar-refractivity contribution in [1.29, 1.82) is 5.26 Å². The molecule has 41 heavy (non-hydrogen) atoms.